The zero-order chi connectivity index (χ0) is 18.3. The first-order valence-corrected chi connectivity index (χ1v) is 9.92. The number of nitrogens with zero attached hydrogens (tertiary/aromatic N) is 2. The molecule has 1 unspecified atom stereocenters. The molecule has 0 aliphatic carbocycles. The van der Waals surface area contributed by atoms with E-state index in [1.807, 2.05) is 13.8 Å². The minimum Gasteiger partial charge on any atom is -0.454 e. The van der Waals surface area contributed by atoms with E-state index in [4.69, 9.17) is 4.74 Å². The average molecular weight is 360 g/mol. The first kappa shape index (κ1) is 20.6. The van der Waals surface area contributed by atoms with Gasteiger partial charge in [-0.25, -0.2) is 8.42 Å². The fraction of sp³-hybridized carbons (Fsp3) is 0.750. The molecule has 1 aliphatic heterocycles. The van der Waals surface area contributed by atoms with E-state index in [0.717, 1.165) is 5.57 Å². The number of sulfonamides is 1. The lowest BCUT2D eigenvalue weighted by Gasteiger charge is -2.24. The van der Waals surface area contributed by atoms with Gasteiger partial charge in [-0.15, -0.1) is 0 Å². The number of carbonyl (C=O) groups is 2. The van der Waals surface area contributed by atoms with Gasteiger partial charge in [0.25, 0.3) is 5.91 Å². The molecule has 0 aromatic rings. The van der Waals surface area contributed by atoms with Crippen molar-refractivity contribution in [2.24, 2.45) is 0 Å². The lowest BCUT2D eigenvalue weighted by Crippen LogP contribution is -2.43. The summed E-state index contributed by atoms with van der Waals surface area (Å²) in [5.74, 6) is -0.945. The molecule has 24 heavy (non-hydrogen) atoms. The van der Waals surface area contributed by atoms with Gasteiger partial charge in [-0.1, -0.05) is 19.1 Å². The standard InChI is InChI=1S/C16H28N2O5S/c1-5-10-24(21,22)18-9-7-8-14(18)16(20)23-12-15(19)17(6-2)11-13(3)4/h14H,3,5-12H2,1-2,4H3. The SMILES string of the molecule is C=C(C)CN(CC)C(=O)COC(=O)C1CCCN1S(=O)(=O)CCC. The molecule has 138 valence electrons. The largest absolute Gasteiger partial charge is 0.454 e. The number of esters is 1. The van der Waals surface area contributed by atoms with E-state index in [0.29, 0.717) is 38.9 Å². The maximum atomic E-state index is 12.2. The van der Waals surface area contributed by atoms with E-state index in [-0.39, 0.29) is 18.3 Å². The van der Waals surface area contributed by atoms with Crippen LogP contribution < -0.4 is 0 Å². The molecule has 0 aromatic heterocycles. The Morgan fingerprint density at radius 3 is 2.54 bits per heavy atom. The van der Waals surface area contributed by atoms with Crippen molar-refractivity contribution in [2.45, 2.75) is 46.1 Å². The van der Waals surface area contributed by atoms with E-state index in [2.05, 4.69) is 6.58 Å². The average Bonchev–Trinajstić information content (AvgIpc) is 3.00. The van der Waals surface area contributed by atoms with Gasteiger partial charge in [0, 0.05) is 19.6 Å². The second-order valence-electron chi connectivity index (χ2n) is 6.06. The Balaban J connectivity index is 2.64. The predicted molar refractivity (Wildman–Crippen MR) is 91.8 cm³/mol. The smallest absolute Gasteiger partial charge is 0.324 e. The minimum atomic E-state index is -3.45. The summed E-state index contributed by atoms with van der Waals surface area (Å²) in [5.41, 5.74) is 0.837. The van der Waals surface area contributed by atoms with Crippen LogP contribution in [-0.2, 0) is 24.3 Å². The Morgan fingerprint density at radius 1 is 1.33 bits per heavy atom. The highest BCUT2D eigenvalue weighted by Gasteiger charge is 2.39. The van der Waals surface area contributed by atoms with E-state index < -0.39 is 22.0 Å². The molecule has 0 spiro atoms. The Kier molecular flexibility index (Phi) is 7.89. The second kappa shape index (κ2) is 9.17. The number of ether oxygens (including phenoxy) is 1. The molecule has 0 saturated carbocycles. The van der Waals surface area contributed by atoms with Gasteiger partial charge < -0.3 is 9.64 Å². The van der Waals surface area contributed by atoms with Crippen molar-refractivity contribution in [3.63, 3.8) is 0 Å². The molecule has 1 rings (SSSR count). The summed E-state index contributed by atoms with van der Waals surface area (Å²) in [6, 6.07) is -0.814. The van der Waals surface area contributed by atoms with Gasteiger partial charge >= 0.3 is 5.97 Å². The Labute approximate surface area is 144 Å². The van der Waals surface area contributed by atoms with Crippen molar-refractivity contribution in [1.82, 2.24) is 9.21 Å². The van der Waals surface area contributed by atoms with Crippen LogP contribution >= 0.6 is 0 Å². The first-order chi connectivity index (χ1) is 11.2. The molecule has 8 heteroatoms. The molecule has 0 N–H and O–H groups in total. The van der Waals surface area contributed by atoms with Gasteiger partial charge in [0.05, 0.1) is 5.75 Å². The predicted octanol–water partition coefficient (Wildman–Crippen LogP) is 1.16. The Hall–Kier alpha value is -1.41. The van der Waals surface area contributed by atoms with Crippen molar-refractivity contribution in [2.75, 3.05) is 32.0 Å². The summed E-state index contributed by atoms with van der Waals surface area (Å²) >= 11 is 0. The van der Waals surface area contributed by atoms with Crippen LogP contribution in [-0.4, -0.2) is 67.5 Å². The number of amides is 1. The van der Waals surface area contributed by atoms with Gasteiger partial charge in [-0.2, -0.15) is 4.31 Å². The van der Waals surface area contributed by atoms with Crippen LogP contribution in [0.25, 0.3) is 0 Å². The van der Waals surface area contributed by atoms with Gasteiger partial charge in [0.15, 0.2) is 6.61 Å². The molecule has 1 fully saturated rings. The molecule has 0 radical (unpaired) electrons. The van der Waals surface area contributed by atoms with Gasteiger partial charge in [0.1, 0.15) is 6.04 Å². The van der Waals surface area contributed by atoms with Gasteiger partial charge in [0.2, 0.25) is 10.0 Å². The fourth-order valence-corrected chi connectivity index (χ4v) is 4.44. The normalized spacial score (nSPS) is 18.4. The molecule has 1 amide bonds. The van der Waals surface area contributed by atoms with Gasteiger partial charge in [-0.3, -0.25) is 9.59 Å². The molecular weight excluding hydrogens is 332 g/mol. The lowest BCUT2D eigenvalue weighted by atomic mass is 10.2. The zero-order valence-corrected chi connectivity index (χ0v) is 15.6. The van der Waals surface area contributed by atoms with Crippen molar-refractivity contribution >= 4 is 21.9 Å². The summed E-state index contributed by atoms with van der Waals surface area (Å²) < 4.78 is 30.7. The summed E-state index contributed by atoms with van der Waals surface area (Å²) in [5, 5.41) is 0. The highest BCUT2D eigenvalue weighted by Crippen LogP contribution is 2.23. The fourth-order valence-electron chi connectivity index (χ4n) is 2.71. The molecular formula is C16H28N2O5S. The number of rotatable bonds is 9. The third kappa shape index (κ3) is 5.59. The van der Waals surface area contributed by atoms with E-state index in [1.165, 1.54) is 9.21 Å². The van der Waals surface area contributed by atoms with E-state index in [1.54, 1.807) is 6.92 Å². The van der Waals surface area contributed by atoms with Crippen LogP contribution in [0.2, 0.25) is 0 Å². The third-order valence-corrected chi connectivity index (χ3v) is 5.90. The monoisotopic (exact) mass is 360 g/mol. The van der Waals surface area contributed by atoms with Crippen LogP contribution in [0.15, 0.2) is 12.2 Å². The maximum absolute atomic E-state index is 12.2. The topological polar surface area (TPSA) is 84.0 Å². The van der Waals surface area contributed by atoms with Crippen LogP contribution in [0.1, 0.15) is 40.0 Å². The van der Waals surface area contributed by atoms with E-state index in [9.17, 15) is 18.0 Å². The highest BCUT2D eigenvalue weighted by atomic mass is 32.2. The molecule has 0 aromatic carbocycles. The highest BCUT2D eigenvalue weighted by molar-refractivity contribution is 7.89. The molecule has 1 heterocycles. The van der Waals surface area contributed by atoms with Gasteiger partial charge in [-0.05, 0) is 33.1 Å². The van der Waals surface area contributed by atoms with Crippen molar-refractivity contribution in [3.05, 3.63) is 12.2 Å². The third-order valence-electron chi connectivity index (χ3n) is 3.83. The molecule has 7 nitrogen and oxygen atoms in total. The van der Waals surface area contributed by atoms with Crippen LogP contribution in [0.5, 0.6) is 0 Å². The lowest BCUT2D eigenvalue weighted by molar-refractivity contribution is -0.154. The summed E-state index contributed by atoms with van der Waals surface area (Å²) in [6.45, 7) is 10.0. The first-order valence-electron chi connectivity index (χ1n) is 8.31. The molecule has 0 bridgehead atoms. The van der Waals surface area contributed by atoms with Crippen LogP contribution in [0, 0.1) is 0 Å². The summed E-state index contributed by atoms with van der Waals surface area (Å²) in [7, 11) is -3.45. The van der Waals surface area contributed by atoms with Crippen molar-refractivity contribution in [1.29, 1.82) is 0 Å². The van der Waals surface area contributed by atoms with Crippen molar-refractivity contribution < 1.29 is 22.7 Å². The van der Waals surface area contributed by atoms with E-state index >= 15 is 0 Å². The molecule has 1 aliphatic rings. The molecule has 1 saturated heterocycles. The van der Waals surface area contributed by atoms with Crippen LogP contribution in [0.4, 0.5) is 0 Å². The summed E-state index contributed by atoms with van der Waals surface area (Å²) in [4.78, 5) is 25.9. The quantitative estimate of drug-likeness (QED) is 0.455. The second-order valence-corrected chi connectivity index (χ2v) is 8.10. The van der Waals surface area contributed by atoms with Crippen LogP contribution in [0.3, 0.4) is 0 Å². The zero-order valence-electron chi connectivity index (χ0n) is 14.8. The van der Waals surface area contributed by atoms with Crippen molar-refractivity contribution in [3.8, 4) is 0 Å². The maximum Gasteiger partial charge on any atom is 0.324 e. The summed E-state index contributed by atoms with van der Waals surface area (Å²) in [6.07, 6.45) is 1.54. The Morgan fingerprint density at radius 2 is 2.00 bits per heavy atom. The number of likely N-dealkylation sites (N-methyl/N-ethyl adjacent to an activating group) is 1. The number of hydrogen-bond donors (Lipinski definition) is 0. The molecule has 1 atom stereocenters. The number of hydrogen-bond acceptors (Lipinski definition) is 5. The Bertz CT molecular complexity index is 573. The minimum absolute atomic E-state index is 0.0118. The number of carbonyl (C=O) groups excluding carboxylic acids is 2.